The van der Waals surface area contributed by atoms with E-state index in [4.69, 9.17) is 0 Å². The van der Waals surface area contributed by atoms with Gasteiger partial charge in [0.15, 0.2) is 0 Å². The molecular formula is C16H31N3. The van der Waals surface area contributed by atoms with Crippen molar-refractivity contribution >= 4 is 0 Å². The molecule has 0 aliphatic carbocycles. The summed E-state index contributed by atoms with van der Waals surface area (Å²) < 4.78 is 0. The third-order valence-corrected chi connectivity index (χ3v) is 4.48. The van der Waals surface area contributed by atoms with Crippen molar-refractivity contribution in [3.8, 4) is 0 Å². The minimum atomic E-state index is 0.701. The summed E-state index contributed by atoms with van der Waals surface area (Å²) in [5.41, 5.74) is 0. The van der Waals surface area contributed by atoms with Gasteiger partial charge in [0, 0.05) is 44.8 Å². The SMILES string of the molecule is CC(C)N1CCCCC1C/C=C\CN1CCNCC1. The zero-order valence-electron chi connectivity index (χ0n) is 12.8. The molecule has 110 valence electrons. The molecule has 0 aromatic carbocycles. The zero-order valence-corrected chi connectivity index (χ0v) is 12.8. The first-order valence-corrected chi connectivity index (χ1v) is 8.11. The minimum absolute atomic E-state index is 0.701. The Labute approximate surface area is 119 Å². The summed E-state index contributed by atoms with van der Waals surface area (Å²) in [4.78, 5) is 5.23. The highest BCUT2D eigenvalue weighted by Crippen LogP contribution is 2.22. The van der Waals surface area contributed by atoms with E-state index in [1.54, 1.807) is 0 Å². The largest absolute Gasteiger partial charge is 0.314 e. The molecule has 3 nitrogen and oxygen atoms in total. The fraction of sp³-hybridized carbons (Fsp3) is 0.875. The minimum Gasteiger partial charge on any atom is -0.314 e. The van der Waals surface area contributed by atoms with Gasteiger partial charge < -0.3 is 5.32 Å². The van der Waals surface area contributed by atoms with Gasteiger partial charge >= 0.3 is 0 Å². The molecule has 2 saturated heterocycles. The van der Waals surface area contributed by atoms with Gasteiger partial charge in [0.25, 0.3) is 0 Å². The Morgan fingerprint density at radius 3 is 2.63 bits per heavy atom. The van der Waals surface area contributed by atoms with Crippen LogP contribution in [0.2, 0.25) is 0 Å². The highest BCUT2D eigenvalue weighted by Gasteiger charge is 2.23. The van der Waals surface area contributed by atoms with Crippen LogP contribution in [0.1, 0.15) is 39.5 Å². The molecule has 0 saturated carbocycles. The number of nitrogens with one attached hydrogen (secondary N) is 1. The number of hydrogen-bond donors (Lipinski definition) is 1. The van der Waals surface area contributed by atoms with Gasteiger partial charge in [0.1, 0.15) is 0 Å². The van der Waals surface area contributed by atoms with Crippen LogP contribution >= 0.6 is 0 Å². The van der Waals surface area contributed by atoms with Crippen molar-refractivity contribution in [1.82, 2.24) is 15.1 Å². The van der Waals surface area contributed by atoms with Crippen molar-refractivity contribution in [3.05, 3.63) is 12.2 Å². The number of nitrogens with zero attached hydrogens (tertiary/aromatic N) is 2. The summed E-state index contributed by atoms with van der Waals surface area (Å²) in [5, 5.41) is 3.40. The maximum Gasteiger partial charge on any atom is 0.0164 e. The van der Waals surface area contributed by atoms with Gasteiger partial charge in [0.2, 0.25) is 0 Å². The Kier molecular flexibility index (Phi) is 6.35. The third kappa shape index (κ3) is 4.90. The molecule has 0 radical (unpaired) electrons. The quantitative estimate of drug-likeness (QED) is 0.768. The average molecular weight is 265 g/mol. The maximum absolute atomic E-state index is 3.40. The summed E-state index contributed by atoms with van der Waals surface area (Å²) in [6, 6.07) is 1.49. The molecule has 0 amide bonds. The van der Waals surface area contributed by atoms with Gasteiger partial charge in [-0.2, -0.15) is 0 Å². The van der Waals surface area contributed by atoms with Crippen LogP contribution < -0.4 is 5.32 Å². The predicted octanol–water partition coefficient (Wildman–Crippen LogP) is 2.10. The standard InChI is InChI=1S/C16H31N3/c1-15(2)19-12-6-4-8-16(19)7-3-5-11-18-13-9-17-10-14-18/h3,5,15-17H,4,6-14H2,1-2H3/b5-3-. The molecule has 2 heterocycles. The predicted molar refractivity (Wildman–Crippen MR) is 82.5 cm³/mol. The lowest BCUT2D eigenvalue weighted by atomic mass is 9.97. The monoisotopic (exact) mass is 265 g/mol. The fourth-order valence-electron chi connectivity index (χ4n) is 3.33. The van der Waals surface area contributed by atoms with Crippen LogP contribution in [0.25, 0.3) is 0 Å². The first-order valence-electron chi connectivity index (χ1n) is 8.11. The van der Waals surface area contributed by atoms with E-state index in [9.17, 15) is 0 Å². The lowest BCUT2D eigenvalue weighted by Crippen LogP contribution is -2.44. The molecule has 2 aliphatic heterocycles. The molecule has 2 fully saturated rings. The second-order valence-corrected chi connectivity index (χ2v) is 6.24. The van der Waals surface area contributed by atoms with Crippen LogP contribution in [-0.4, -0.2) is 61.2 Å². The number of piperazine rings is 1. The van der Waals surface area contributed by atoms with Crippen molar-refractivity contribution < 1.29 is 0 Å². The number of likely N-dealkylation sites (tertiary alicyclic amines) is 1. The summed E-state index contributed by atoms with van der Waals surface area (Å²) in [6.45, 7) is 11.8. The van der Waals surface area contributed by atoms with E-state index in [0.717, 1.165) is 25.7 Å². The summed E-state index contributed by atoms with van der Waals surface area (Å²) in [5.74, 6) is 0. The zero-order chi connectivity index (χ0) is 13.5. The molecule has 0 bridgehead atoms. The second-order valence-electron chi connectivity index (χ2n) is 6.24. The Bertz CT molecular complexity index is 269. The normalized spacial score (nSPS) is 27.4. The van der Waals surface area contributed by atoms with Gasteiger partial charge in [-0.25, -0.2) is 0 Å². The first-order chi connectivity index (χ1) is 9.27. The van der Waals surface area contributed by atoms with Crippen LogP contribution in [-0.2, 0) is 0 Å². The van der Waals surface area contributed by atoms with E-state index in [0.29, 0.717) is 6.04 Å². The summed E-state index contributed by atoms with van der Waals surface area (Å²) in [6.07, 6.45) is 10.2. The van der Waals surface area contributed by atoms with E-state index in [1.165, 1.54) is 45.3 Å². The highest BCUT2D eigenvalue weighted by molar-refractivity contribution is 4.92. The Hall–Kier alpha value is -0.380. The molecule has 19 heavy (non-hydrogen) atoms. The van der Waals surface area contributed by atoms with Crippen LogP contribution in [0.5, 0.6) is 0 Å². The van der Waals surface area contributed by atoms with E-state index < -0.39 is 0 Å². The molecule has 0 aromatic heterocycles. The lowest BCUT2D eigenvalue weighted by Gasteiger charge is -2.38. The molecule has 2 aliphatic rings. The molecule has 1 atom stereocenters. The van der Waals surface area contributed by atoms with Gasteiger partial charge in [0.05, 0.1) is 0 Å². The van der Waals surface area contributed by atoms with Crippen LogP contribution in [0.4, 0.5) is 0 Å². The van der Waals surface area contributed by atoms with Crippen LogP contribution in [0.15, 0.2) is 12.2 Å². The smallest absolute Gasteiger partial charge is 0.0164 e. The van der Waals surface area contributed by atoms with Crippen molar-refractivity contribution in [2.45, 2.75) is 51.6 Å². The molecule has 1 N–H and O–H groups in total. The fourth-order valence-corrected chi connectivity index (χ4v) is 3.33. The van der Waals surface area contributed by atoms with E-state index in [2.05, 4.69) is 41.1 Å². The van der Waals surface area contributed by atoms with Crippen LogP contribution in [0.3, 0.4) is 0 Å². The lowest BCUT2D eigenvalue weighted by molar-refractivity contribution is 0.113. The van der Waals surface area contributed by atoms with Crippen LogP contribution in [0, 0.1) is 0 Å². The van der Waals surface area contributed by atoms with Gasteiger partial charge in [-0.1, -0.05) is 18.6 Å². The number of rotatable bonds is 5. The van der Waals surface area contributed by atoms with E-state index in [1.807, 2.05) is 0 Å². The summed E-state index contributed by atoms with van der Waals surface area (Å²) >= 11 is 0. The Balaban J connectivity index is 1.70. The van der Waals surface area contributed by atoms with Crippen molar-refractivity contribution in [3.63, 3.8) is 0 Å². The molecule has 1 unspecified atom stereocenters. The van der Waals surface area contributed by atoms with E-state index in [-0.39, 0.29) is 0 Å². The van der Waals surface area contributed by atoms with Gasteiger partial charge in [-0.15, -0.1) is 0 Å². The topological polar surface area (TPSA) is 18.5 Å². The number of piperidine rings is 1. The van der Waals surface area contributed by atoms with Crippen molar-refractivity contribution in [2.75, 3.05) is 39.3 Å². The molecule has 2 rings (SSSR count). The molecular weight excluding hydrogens is 234 g/mol. The third-order valence-electron chi connectivity index (χ3n) is 4.48. The van der Waals surface area contributed by atoms with Gasteiger partial charge in [-0.05, 0) is 39.7 Å². The first kappa shape index (κ1) is 15.0. The van der Waals surface area contributed by atoms with Crippen molar-refractivity contribution in [2.24, 2.45) is 0 Å². The molecule has 0 spiro atoms. The molecule has 3 heteroatoms. The average Bonchev–Trinajstić information content (AvgIpc) is 2.45. The number of hydrogen-bond acceptors (Lipinski definition) is 3. The van der Waals surface area contributed by atoms with Crippen molar-refractivity contribution in [1.29, 1.82) is 0 Å². The molecule has 0 aromatic rings. The van der Waals surface area contributed by atoms with E-state index >= 15 is 0 Å². The Morgan fingerprint density at radius 1 is 1.11 bits per heavy atom. The second kappa shape index (κ2) is 8.03. The van der Waals surface area contributed by atoms with Gasteiger partial charge in [-0.3, -0.25) is 9.80 Å². The highest BCUT2D eigenvalue weighted by atomic mass is 15.2. The maximum atomic E-state index is 3.40. The Morgan fingerprint density at radius 2 is 1.89 bits per heavy atom. The summed E-state index contributed by atoms with van der Waals surface area (Å²) in [7, 11) is 0.